The summed E-state index contributed by atoms with van der Waals surface area (Å²) in [4.78, 5) is 2.80. The van der Waals surface area contributed by atoms with E-state index in [2.05, 4.69) is 4.90 Å². The standard InChI is InChI=1S/C23H37N3O4S2/c1-2-20-8-6-7-15-26(20)32(29,30)23-13-11-22(12-14-23)31(27,28)25-18-16-24(17-19-25)21-9-4-3-5-10-21/h11-14,20-21H,2-10,15-19H2,1H3. The zero-order valence-corrected chi connectivity index (χ0v) is 20.8. The smallest absolute Gasteiger partial charge is 0.243 e. The molecule has 0 radical (unpaired) electrons. The van der Waals surface area contributed by atoms with Crippen molar-refractivity contribution in [3.8, 4) is 0 Å². The van der Waals surface area contributed by atoms with Crippen LogP contribution in [0.1, 0.15) is 64.7 Å². The number of benzene rings is 1. The fourth-order valence-corrected chi connectivity index (χ4v) is 8.71. The van der Waals surface area contributed by atoms with Crippen LogP contribution in [0.5, 0.6) is 0 Å². The van der Waals surface area contributed by atoms with E-state index in [4.69, 9.17) is 0 Å². The molecular formula is C23H37N3O4S2. The second-order valence-electron chi connectivity index (χ2n) is 9.38. The molecule has 1 saturated carbocycles. The number of piperidine rings is 1. The van der Waals surface area contributed by atoms with E-state index in [-0.39, 0.29) is 15.8 Å². The Hall–Kier alpha value is -1.00. The molecule has 0 aromatic heterocycles. The summed E-state index contributed by atoms with van der Waals surface area (Å²) in [5, 5.41) is 0. The van der Waals surface area contributed by atoms with Crippen molar-refractivity contribution < 1.29 is 16.8 Å². The molecular weight excluding hydrogens is 446 g/mol. The van der Waals surface area contributed by atoms with E-state index in [1.165, 1.54) is 56.4 Å². The summed E-state index contributed by atoms with van der Waals surface area (Å²) in [5.74, 6) is 0. The molecule has 180 valence electrons. The molecule has 1 aromatic carbocycles. The first-order chi connectivity index (χ1) is 15.3. The van der Waals surface area contributed by atoms with Gasteiger partial charge in [0.05, 0.1) is 9.79 Å². The lowest BCUT2D eigenvalue weighted by atomic mass is 9.94. The van der Waals surface area contributed by atoms with Crippen LogP contribution in [0.2, 0.25) is 0 Å². The topological polar surface area (TPSA) is 78.0 Å². The molecule has 1 unspecified atom stereocenters. The molecule has 2 aliphatic heterocycles. The van der Waals surface area contributed by atoms with Crippen molar-refractivity contribution in [3.63, 3.8) is 0 Å². The summed E-state index contributed by atoms with van der Waals surface area (Å²) in [5.41, 5.74) is 0. The van der Waals surface area contributed by atoms with E-state index in [9.17, 15) is 16.8 Å². The Morgan fingerprint density at radius 1 is 0.719 bits per heavy atom. The maximum atomic E-state index is 13.2. The van der Waals surface area contributed by atoms with Gasteiger partial charge in [0.1, 0.15) is 0 Å². The fraction of sp³-hybridized carbons (Fsp3) is 0.739. The van der Waals surface area contributed by atoms with Gasteiger partial charge in [0, 0.05) is 44.8 Å². The second kappa shape index (κ2) is 10.1. The fourth-order valence-electron chi connectivity index (χ4n) is 5.52. The molecule has 9 heteroatoms. The van der Waals surface area contributed by atoms with Crippen LogP contribution in [-0.4, -0.2) is 75.2 Å². The van der Waals surface area contributed by atoms with Gasteiger partial charge in [-0.15, -0.1) is 0 Å². The largest absolute Gasteiger partial charge is 0.298 e. The van der Waals surface area contributed by atoms with Crippen LogP contribution >= 0.6 is 0 Å². The Balaban J connectivity index is 1.44. The average molecular weight is 484 g/mol. The van der Waals surface area contributed by atoms with Crippen molar-refractivity contribution in [1.82, 2.24) is 13.5 Å². The molecule has 1 aliphatic carbocycles. The van der Waals surface area contributed by atoms with Gasteiger partial charge in [0.15, 0.2) is 0 Å². The van der Waals surface area contributed by atoms with Crippen LogP contribution in [0.3, 0.4) is 0 Å². The van der Waals surface area contributed by atoms with Gasteiger partial charge in [-0.3, -0.25) is 4.90 Å². The summed E-state index contributed by atoms with van der Waals surface area (Å²) in [7, 11) is -7.23. The summed E-state index contributed by atoms with van der Waals surface area (Å²) in [6.07, 6.45) is 9.90. The molecule has 3 aliphatic rings. The van der Waals surface area contributed by atoms with Crippen molar-refractivity contribution in [1.29, 1.82) is 0 Å². The highest BCUT2D eigenvalue weighted by atomic mass is 32.2. The third-order valence-corrected chi connectivity index (χ3v) is 11.4. The number of rotatable bonds is 6. The highest BCUT2D eigenvalue weighted by Crippen LogP contribution is 2.29. The first kappa shape index (κ1) is 24.1. The predicted octanol–water partition coefficient (Wildman–Crippen LogP) is 3.28. The van der Waals surface area contributed by atoms with Crippen molar-refractivity contribution in [2.45, 2.75) is 86.6 Å². The van der Waals surface area contributed by atoms with Crippen LogP contribution in [0.4, 0.5) is 0 Å². The molecule has 1 aromatic rings. The van der Waals surface area contributed by atoms with Gasteiger partial charge in [0.25, 0.3) is 0 Å². The number of hydrogen-bond acceptors (Lipinski definition) is 5. The van der Waals surface area contributed by atoms with Crippen LogP contribution in [0, 0.1) is 0 Å². The zero-order valence-electron chi connectivity index (χ0n) is 19.2. The van der Waals surface area contributed by atoms with Crippen molar-refractivity contribution in [2.24, 2.45) is 0 Å². The van der Waals surface area contributed by atoms with Gasteiger partial charge in [-0.25, -0.2) is 16.8 Å². The van der Waals surface area contributed by atoms with E-state index in [1.807, 2.05) is 6.92 Å². The predicted molar refractivity (Wildman–Crippen MR) is 125 cm³/mol. The summed E-state index contributed by atoms with van der Waals surface area (Å²) < 4.78 is 55.8. The van der Waals surface area contributed by atoms with Gasteiger partial charge >= 0.3 is 0 Å². The zero-order chi connectivity index (χ0) is 22.8. The quantitative estimate of drug-likeness (QED) is 0.621. The van der Waals surface area contributed by atoms with Gasteiger partial charge in [-0.1, -0.05) is 32.6 Å². The molecule has 0 amide bonds. The molecule has 4 rings (SSSR count). The molecule has 0 N–H and O–H groups in total. The molecule has 3 fully saturated rings. The summed E-state index contributed by atoms with van der Waals surface area (Å²) in [6, 6.07) is 6.46. The Labute approximate surface area is 193 Å². The monoisotopic (exact) mass is 483 g/mol. The Bertz CT molecular complexity index is 965. The first-order valence-corrected chi connectivity index (χ1v) is 15.1. The summed E-state index contributed by atoms with van der Waals surface area (Å²) >= 11 is 0. The van der Waals surface area contributed by atoms with E-state index in [0.29, 0.717) is 25.7 Å². The molecule has 2 saturated heterocycles. The van der Waals surface area contributed by atoms with E-state index in [1.54, 1.807) is 8.61 Å². The number of sulfonamides is 2. The maximum Gasteiger partial charge on any atom is 0.243 e. The van der Waals surface area contributed by atoms with Gasteiger partial charge in [-0.05, 0) is 56.4 Å². The maximum absolute atomic E-state index is 13.2. The minimum absolute atomic E-state index is 0.0256. The van der Waals surface area contributed by atoms with Crippen molar-refractivity contribution >= 4 is 20.0 Å². The Morgan fingerprint density at radius 3 is 1.88 bits per heavy atom. The highest BCUT2D eigenvalue weighted by molar-refractivity contribution is 7.89. The third-order valence-electron chi connectivity index (χ3n) is 7.48. The van der Waals surface area contributed by atoms with Crippen LogP contribution in [0.25, 0.3) is 0 Å². The van der Waals surface area contributed by atoms with E-state index < -0.39 is 20.0 Å². The van der Waals surface area contributed by atoms with E-state index in [0.717, 1.165) is 38.8 Å². The van der Waals surface area contributed by atoms with Gasteiger partial charge in [0.2, 0.25) is 20.0 Å². The van der Waals surface area contributed by atoms with Crippen LogP contribution in [-0.2, 0) is 20.0 Å². The SMILES string of the molecule is CCC1CCCCN1S(=O)(=O)c1ccc(S(=O)(=O)N2CCN(C3CCCCC3)CC2)cc1. The number of nitrogens with zero attached hydrogens (tertiary/aromatic N) is 3. The van der Waals surface area contributed by atoms with Crippen LogP contribution < -0.4 is 0 Å². The molecule has 32 heavy (non-hydrogen) atoms. The lowest BCUT2D eigenvalue weighted by molar-refractivity contribution is 0.111. The highest BCUT2D eigenvalue weighted by Gasteiger charge is 2.34. The first-order valence-electron chi connectivity index (χ1n) is 12.2. The van der Waals surface area contributed by atoms with Gasteiger partial charge < -0.3 is 0 Å². The Kier molecular flexibility index (Phi) is 7.61. The molecule has 2 heterocycles. The summed E-state index contributed by atoms with van der Waals surface area (Å²) in [6.45, 7) is 5.07. The van der Waals surface area contributed by atoms with Gasteiger partial charge in [-0.2, -0.15) is 8.61 Å². The van der Waals surface area contributed by atoms with Crippen molar-refractivity contribution in [3.05, 3.63) is 24.3 Å². The minimum atomic E-state index is -3.62. The van der Waals surface area contributed by atoms with Crippen LogP contribution in [0.15, 0.2) is 34.1 Å². The third kappa shape index (κ3) is 4.92. The normalized spacial score (nSPS) is 25.7. The van der Waals surface area contributed by atoms with E-state index >= 15 is 0 Å². The Morgan fingerprint density at radius 2 is 1.28 bits per heavy atom. The lowest BCUT2D eigenvalue weighted by Gasteiger charge is -2.40. The molecule has 1 atom stereocenters. The minimum Gasteiger partial charge on any atom is -0.298 e. The average Bonchev–Trinajstić information content (AvgIpc) is 2.84. The molecule has 0 spiro atoms. The lowest BCUT2D eigenvalue weighted by Crippen LogP contribution is -2.52. The number of piperazine rings is 1. The van der Waals surface area contributed by atoms with Crippen molar-refractivity contribution in [2.75, 3.05) is 32.7 Å². The molecule has 7 nitrogen and oxygen atoms in total. The molecule has 0 bridgehead atoms. The number of hydrogen-bond donors (Lipinski definition) is 0. The second-order valence-corrected chi connectivity index (χ2v) is 13.2.